The summed E-state index contributed by atoms with van der Waals surface area (Å²) < 4.78 is 3.23. The third kappa shape index (κ3) is 4.27. The molecule has 0 amide bonds. The van der Waals surface area contributed by atoms with Gasteiger partial charge in [-0.1, -0.05) is 6.07 Å². The number of aromatic amines is 1. The normalized spacial score (nSPS) is 11.0. The lowest BCUT2D eigenvalue weighted by Gasteiger charge is -2.06. The standard InChI is InChI=1S/C22H22N6O2/c1-16-6-11-25-27(16)12-8-19(29)5-4-17-7-10-24-21(13-17)28-22(30)20(15-26-28)18-3-2-9-23-14-18/h2-3,6-7,9-11,13-15,26H,4-5,8,12H2,1H3. The van der Waals surface area contributed by atoms with Crippen molar-refractivity contribution in [2.45, 2.75) is 32.7 Å². The molecule has 0 saturated carbocycles. The summed E-state index contributed by atoms with van der Waals surface area (Å²) in [6.45, 7) is 2.56. The molecule has 4 rings (SSSR count). The number of carbonyl (C=O) groups excluding carboxylic acids is 1. The van der Waals surface area contributed by atoms with E-state index in [-0.39, 0.29) is 11.3 Å². The molecule has 8 nitrogen and oxygen atoms in total. The van der Waals surface area contributed by atoms with E-state index in [1.54, 1.807) is 37.1 Å². The van der Waals surface area contributed by atoms with E-state index in [1.807, 2.05) is 35.9 Å². The third-order valence-corrected chi connectivity index (χ3v) is 5.01. The average molecular weight is 402 g/mol. The van der Waals surface area contributed by atoms with Gasteiger partial charge in [-0.25, -0.2) is 9.67 Å². The molecule has 0 radical (unpaired) electrons. The van der Waals surface area contributed by atoms with Gasteiger partial charge in [0.05, 0.1) is 5.56 Å². The van der Waals surface area contributed by atoms with Gasteiger partial charge in [-0.2, -0.15) is 5.10 Å². The molecule has 1 N–H and O–H groups in total. The van der Waals surface area contributed by atoms with Crippen molar-refractivity contribution in [3.63, 3.8) is 0 Å². The predicted octanol–water partition coefficient (Wildman–Crippen LogP) is 2.72. The Hall–Kier alpha value is -3.81. The molecule has 8 heteroatoms. The van der Waals surface area contributed by atoms with Gasteiger partial charge in [0.25, 0.3) is 5.56 Å². The molecular weight excluding hydrogens is 380 g/mol. The molecule has 0 fully saturated rings. The highest BCUT2D eigenvalue weighted by atomic mass is 16.1. The van der Waals surface area contributed by atoms with Gasteiger partial charge in [0.15, 0.2) is 5.82 Å². The van der Waals surface area contributed by atoms with Crippen molar-refractivity contribution in [3.8, 4) is 16.9 Å². The van der Waals surface area contributed by atoms with Crippen LogP contribution in [0.5, 0.6) is 0 Å². The molecule has 0 aromatic carbocycles. The summed E-state index contributed by atoms with van der Waals surface area (Å²) in [4.78, 5) is 33.4. The van der Waals surface area contributed by atoms with Gasteiger partial charge in [0.1, 0.15) is 5.78 Å². The summed E-state index contributed by atoms with van der Waals surface area (Å²) in [7, 11) is 0. The molecule has 0 aliphatic rings. The highest BCUT2D eigenvalue weighted by Gasteiger charge is 2.12. The molecule has 4 heterocycles. The highest BCUT2D eigenvalue weighted by molar-refractivity contribution is 5.78. The monoisotopic (exact) mass is 402 g/mol. The van der Waals surface area contributed by atoms with Crippen molar-refractivity contribution in [2.75, 3.05) is 0 Å². The van der Waals surface area contributed by atoms with Crippen molar-refractivity contribution >= 4 is 5.78 Å². The van der Waals surface area contributed by atoms with Crippen molar-refractivity contribution < 1.29 is 4.79 Å². The Bertz CT molecular complexity index is 1210. The number of Topliss-reactive ketones (excluding diaryl/α,β-unsaturated/α-hetero) is 1. The number of pyridine rings is 2. The Morgan fingerprint density at radius 1 is 1.13 bits per heavy atom. The molecule has 4 aromatic heterocycles. The summed E-state index contributed by atoms with van der Waals surface area (Å²) in [5, 5.41) is 7.16. The minimum Gasteiger partial charge on any atom is -0.300 e. The van der Waals surface area contributed by atoms with E-state index in [0.717, 1.165) is 16.8 Å². The van der Waals surface area contributed by atoms with Crippen LogP contribution in [0.1, 0.15) is 24.1 Å². The molecule has 30 heavy (non-hydrogen) atoms. The number of aromatic nitrogens is 6. The topological polar surface area (TPSA) is 98.5 Å². The SMILES string of the molecule is Cc1ccnn1CCC(=O)CCc1ccnc(-n2[nH]cc(-c3cccnc3)c2=O)c1. The van der Waals surface area contributed by atoms with E-state index in [0.29, 0.717) is 37.2 Å². The van der Waals surface area contributed by atoms with E-state index in [1.165, 1.54) is 4.68 Å². The van der Waals surface area contributed by atoms with Crippen LogP contribution >= 0.6 is 0 Å². The second-order valence-corrected chi connectivity index (χ2v) is 7.08. The van der Waals surface area contributed by atoms with Crippen LogP contribution in [0.4, 0.5) is 0 Å². The maximum atomic E-state index is 12.8. The first-order valence-electron chi connectivity index (χ1n) is 9.78. The lowest BCUT2D eigenvalue weighted by atomic mass is 10.1. The number of hydrogen-bond acceptors (Lipinski definition) is 5. The summed E-state index contributed by atoms with van der Waals surface area (Å²) in [5.74, 6) is 0.673. The van der Waals surface area contributed by atoms with Gasteiger partial charge in [-0.15, -0.1) is 0 Å². The number of ketones is 1. The lowest BCUT2D eigenvalue weighted by Crippen LogP contribution is -2.17. The first kappa shape index (κ1) is 19.5. The summed E-state index contributed by atoms with van der Waals surface area (Å²) >= 11 is 0. The maximum absolute atomic E-state index is 12.8. The number of nitrogens with zero attached hydrogens (tertiary/aromatic N) is 5. The van der Waals surface area contributed by atoms with Gasteiger partial charge in [-0.05, 0) is 43.2 Å². The van der Waals surface area contributed by atoms with Crippen LogP contribution in [0.25, 0.3) is 16.9 Å². The Morgan fingerprint density at radius 2 is 2.03 bits per heavy atom. The van der Waals surface area contributed by atoms with Crippen LogP contribution in [0.15, 0.2) is 66.1 Å². The molecule has 4 aromatic rings. The van der Waals surface area contributed by atoms with Crippen molar-refractivity contribution in [1.29, 1.82) is 0 Å². The first-order chi connectivity index (χ1) is 14.6. The molecule has 0 atom stereocenters. The molecule has 0 spiro atoms. The van der Waals surface area contributed by atoms with Crippen LogP contribution < -0.4 is 5.56 Å². The van der Waals surface area contributed by atoms with E-state index >= 15 is 0 Å². The lowest BCUT2D eigenvalue weighted by molar-refractivity contribution is -0.119. The number of hydrogen-bond donors (Lipinski definition) is 1. The third-order valence-electron chi connectivity index (χ3n) is 5.01. The predicted molar refractivity (Wildman–Crippen MR) is 112 cm³/mol. The second kappa shape index (κ2) is 8.69. The number of nitrogens with one attached hydrogen (secondary N) is 1. The van der Waals surface area contributed by atoms with Crippen LogP contribution in [0.3, 0.4) is 0 Å². The average Bonchev–Trinajstić information content (AvgIpc) is 3.36. The first-order valence-corrected chi connectivity index (χ1v) is 9.78. The molecule has 0 bridgehead atoms. The van der Waals surface area contributed by atoms with E-state index in [9.17, 15) is 9.59 Å². The largest absolute Gasteiger partial charge is 0.300 e. The molecule has 152 valence electrons. The Kier molecular flexibility index (Phi) is 5.65. The maximum Gasteiger partial charge on any atom is 0.280 e. The van der Waals surface area contributed by atoms with Crippen LogP contribution in [-0.2, 0) is 17.8 Å². The summed E-state index contributed by atoms with van der Waals surface area (Å²) in [6.07, 6.45) is 9.83. The summed E-state index contributed by atoms with van der Waals surface area (Å²) in [6, 6.07) is 9.24. The van der Waals surface area contributed by atoms with E-state index in [4.69, 9.17) is 0 Å². The minimum absolute atomic E-state index is 0.180. The van der Waals surface area contributed by atoms with Crippen LogP contribution in [0.2, 0.25) is 0 Å². The quantitative estimate of drug-likeness (QED) is 0.489. The van der Waals surface area contributed by atoms with E-state index < -0.39 is 0 Å². The van der Waals surface area contributed by atoms with Crippen LogP contribution in [0, 0.1) is 6.92 Å². The van der Waals surface area contributed by atoms with Crippen molar-refractivity contribution in [3.05, 3.63) is 82.9 Å². The van der Waals surface area contributed by atoms with Gasteiger partial charge >= 0.3 is 0 Å². The molecule has 0 unspecified atom stereocenters. The molecule has 0 aliphatic heterocycles. The fourth-order valence-corrected chi connectivity index (χ4v) is 3.28. The molecular formula is C22H22N6O2. The van der Waals surface area contributed by atoms with Crippen LogP contribution in [-0.4, -0.2) is 35.3 Å². The number of rotatable bonds is 8. The van der Waals surface area contributed by atoms with E-state index in [2.05, 4.69) is 20.2 Å². The Labute approximate surface area is 173 Å². The smallest absolute Gasteiger partial charge is 0.280 e. The fourth-order valence-electron chi connectivity index (χ4n) is 3.28. The van der Waals surface area contributed by atoms with Gasteiger partial charge < -0.3 is 0 Å². The Morgan fingerprint density at radius 3 is 2.80 bits per heavy atom. The van der Waals surface area contributed by atoms with Gasteiger partial charge in [-0.3, -0.25) is 24.4 Å². The number of aryl methyl sites for hydroxylation is 3. The van der Waals surface area contributed by atoms with Crippen molar-refractivity contribution in [2.24, 2.45) is 0 Å². The van der Waals surface area contributed by atoms with Crippen molar-refractivity contribution in [1.82, 2.24) is 29.5 Å². The zero-order chi connectivity index (χ0) is 20.9. The number of carbonyl (C=O) groups is 1. The molecule has 0 saturated heterocycles. The molecule has 0 aliphatic carbocycles. The van der Waals surface area contributed by atoms with Gasteiger partial charge in [0.2, 0.25) is 0 Å². The minimum atomic E-state index is -0.196. The highest BCUT2D eigenvalue weighted by Crippen LogP contribution is 2.14. The zero-order valence-electron chi connectivity index (χ0n) is 16.7. The fraction of sp³-hybridized carbons (Fsp3) is 0.227. The second-order valence-electron chi connectivity index (χ2n) is 7.08. The number of H-pyrrole nitrogens is 1. The summed E-state index contributed by atoms with van der Waals surface area (Å²) in [5.41, 5.74) is 3.07. The zero-order valence-corrected chi connectivity index (χ0v) is 16.7. The van der Waals surface area contributed by atoms with Gasteiger partial charge in [0, 0.05) is 61.6 Å². The Balaban J connectivity index is 1.42.